The van der Waals surface area contributed by atoms with Gasteiger partial charge in [0.15, 0.2) is 0 Å². The lowest BCUT2D eigenvalue weighted by Crippen LogP contribution is -2.55. The normalized spacial score (nSPS) is 33.4. The maximum absolute atomic E-state index is 11.6. The summed E-state index contributed by atoms with van der Waals surface area (Å²) in [5.41, 5.74) is -0.0172. The number of ether oxygens (including phenoxy) is 1. The van der Waals surface area contributed by atoms with Crippen LogP contribution in [0.4, 0.5) is 4.79 Å². The highest BCUT2D eigenvalue weighted by Crippen LogP contribution is 2.36. The van der Waals surface area contributed by atoms with Gasteiger partial charge < -0.3 is 10.1 Å². The first kappa shape index (κ1) is 10.2. The van der Waals surface area contributed by atoms with Crippen LogP contribution in [0.15, 0.2) is 23.1 Å². The molecule has 0 aromatic carbocycles. The standard InChI is InChI=1S/C10H13N3O2S/c14-9-11-5-15-6-13(9)10-12-7-3-1-2-4-8(7)16-10/h1-2,4,7,10,12H,3,5-6H2,(H,11,14). The fourth-order valence-electron chi connectivity index (χ4n) is 1.96. The maximum Gasteiger partial charge on any atom is 0.322 e. The number of carbonyl (C=O) groups is 1. The van der Waals surface area contributed by atoms with E-state index in [1.165, 1.54) is 4.91 Å². The summed E-state index contributed by atoms with van der Waals surface area (Å²) in [6.07, 6.45) is 7.30. The van der Waals surface area contributed by atoms with E-state index in [0.717, 1.165) is 6.42 Å². The van der Waals surface area contributed by atoms with Crippen LogP contribution in [0.1, 0.15) is 6.42 Å². The number of urea groups is 1. The molecule has 2 saturated heterocycles. The Bertz CT molecular complexity index is 369. The second-order valence-electron chi connectivity index (χ2n) is 3.85. The Kier molecular flexibility index (Phi) is 2.62. The van der Waals surface area contributed by atoms with Crippen LogP contribution in [-0.2, 0) is 4.74 Å². The molecule has 2 N–H and O–H groups in total. The van der Waals surface area contributed by atoms with Gasteiger partial charge in [0.25, 0.3) is 0 Å². The van der Waals surface area contributed by atoms with E-state index in [9.17, 15) is 4.79 Å². The largest absolute Gasteiger partial charge is 0.341 e. The third-order valence-electron chi connectivity index (χ3n) is 2.80. The molecule has 86 valence electrons. The average molecular weight is 239 g/mol. The van der Waals surface area contributed by atoms with Crippen LogP contribution in [0.3, 0.4) is 0 Å². The monoisotopic (exact) mass is 239 g/mol. The third kappa shape index (κ3) is 1.73. The van der Waals surface area contributed by atoms with Crippen LogP contribution in [0.2, 0.25) is 0 Å². The molecule has 3 rings (SSSR count). The number of nitrogens with one attached hydrogen (secondary N) is 2. The molecule has 0 aromatic heterocycles. The van der Waals surface area contributed by atoms with Crippen molar-refractivity contribution in [3.8, 4) is 0 Å². The van der Waals surface area contributed by atoms with E-state index in [1.54, 1.807) is 16.7 Å². The molecule has 2 unspecified atom stereocenters. The van der Waals surface area contributed by atoms with E-state index in [2.05, 4.69) is 28.9 Å². The smallest absolute Gasteiger partial charge is 0.322 e. The van der Waals surface area contributed by atoms with Gasteiger partial charge in [-0.25, -0.2) is 4.79 Å². The van der Waals surface area contributed by atoms with E-state index in [0.29, 0.717) is 19.5 Å². The van der Waals surface area contributed by atoms with Gasteiger partial charge >= 0.3 is 6.03 Å². The number of fused-ring (bicyclic) bond motifs is 1. The van der Waals surface area contributed by atoms with E-state index in [4.69, 9.17) is 4.74 Å². The summed E-state index contributed by atoms with van der Waals surface area (Å²) < 4.78 is 5.22. The van der Waals surface area contributed by atoms with Crippen molar-refractivity contribution in [1.82, 2.24) is 15.5 Å². The molecule has 0 radical (unpaired) electrons. The zero-order valence-electron chi connectivity index (χ0n) is 8.68. The number of nitrogens with zero attached hydrogens (tertiary/aromatic N) is 1. The first-order valence-corrected chi connectivity index (χ1v) is 6.14. The lowest BCUT2D eigenvalue weighted by molar-refractivity contribution is 0.000798. The average Bonchev–Trinajstić information content (AvgIpc) is 2.73. The SMILES string of the molecule is O=C1NCOCN1C1NC2CC=CC=C2S1. The molecular weight excluding hydrogens is 226 g/mol. The minimum absolute atomic E-state index is 0.0172. The molecule has 0 spiro atoms. The second kappa shape index (κ2) is 4.12. The first-order chi connectivity index (χ1) is 7.84. The second-order valence-corrected chi connectivity index (χ2v) is 5.01. The number of hydrogen-bond donors (Lipinski definition) is 2. The lowest BCUT2D eigenvalue weighted by Gasteiger charge is -2.31. The minimum Gasteiger partial charge on any atom is -0.341 e. The molecule has 2 aliphatic heterocycles. The molecule has 1 aliphatic carbocycles. The summed E-state index contributed by atoms with van der Waals surface area (Å²) in [4.78, 5) is 14.6. The van der Waals surface area contributed by atoms with Crippen LogP contribution < -0.4 is 10.6 Å². The van der Waals surface area contributed by atoms with Crippen LogP contribution in [0, 0.1) is 0 Å². The lowest BCUT2D eigenvalue weighted by atomic mass is 10.1. The van der Waals surface area contributed by atoms with Crippen LogP contribution in [0.25, 0.3) is 0 Å². The molecule has 2 atom stereocenters. The number of hydrogen-bond acceptors (Lipinski definition) is 4. The molecular formula is C10H13N3O2S. The molecule has 16 heavy (non-hydrogen) atoms. The van der Waals surface area contributed by atoms with Crippen molar-refractivity contribution < 1.29 is 9.53 Å². The van der Waals surface area contributed by atoms with Gasteiger partial charge in [0.1, 0.15) is 19.0 Å². The first-order valence-electron chi connectivity index (χ1n) is 5.26. The van der Waals surface area contributed by atoms with Gasteiger partial charge in [0.05, 0.1) is 0 Å². The Labute approximate surface area is 97.9 Å². The molecule has 6 heteroatoms. The Morgan fingerprint density at radius 3 is 3.31 bits per heavy atom. The molecule has 2 fully saturated rings. The fraction of sp³-hybridized carbons (Fsp3) is 0.500. The molecule has 2 heterocycles. The Morgan fingerprint density at radius 1 is 1.56 bits per heavy atom. The van der Waals surface area contributed by atoms with Gasteiger partial charge in [0.2, 0.25) is 0 Å². The molecule has 2 amide bonds. The van der Waals surface area contributed by atoms with Crippen molar-refractivity contribution >= 4 is 17.8 Å². The van der Waals surface area contributed by atoms with Crippen LogP contribution >= 0.6 is 11.8 Å². The van der Waals surface area contributed by atoms with Crippen molar-refractivity contribution in [3.63, 3.8) is 0 Å². The van der Waals surface area contributed by atoms with Crippen molar-refractivity contribution in [2.45, 2.75) is 18.0 Å². The molecule has 5 nitrogen and oxygen atoms in total. The van der Waals surface area contributed by atoms with Crippen molar-refractivity contribution in [2.24, 2.45) is 0 Å². The third-order valence-corrected chi connectivity index (χ3v) is 4.11. The van der Waals surface area contributed by atoms with Gasteiger partial charge in [-0.1, -0.05) is 30.0 Å². The van der Waals surface area contributed by atoms with E-state index < -0.39 is 0 Å². The van der Waals surface area contributed by atoms with Gasteiger partial charge in [-0.05, 0) is 6.42 Å². The zero-order valence-corrected chi connectivity index (χ0v) is 9.50. The molecule has 0 bridgehead atoms. The van der Waals surface area contributed by atoms with Gasteiger partial charge in [-0.2, -0.15) is 0 Å². The Balaban J connectivity index is 1.71. The van der Waals surface area contributed by atoms with E-state index in [1.807, 2.05) is 0 Å². The summed E-state index contributed by atoms with van der Waals surface area (Å²) in [6, 6.07) is 0.290. The summed E-state index contributed by atoms with van der Waals surface area (Å²) in [7, 11) is 0. The fourth-order valence-corrected chi connectivity index (χ4v) is 3.22. The summed E-state index contributed by atoms with van der Waals surface area (Å²) in [5, 5.41) is 6.09. The number of allylic oxidation sites excluding steroid dienone is 2. The number of amides is 2. The van der Waals surface area contributed by atoms with Crippen molar-refractivity contribution in [3.05, 3.63) is 23.1 Å². The number of rotatable bonds is 1. The van der Waals surface area contributed by atoms with E-state index >= 15 is 0 Å². The van der Waals surface area contributed by atoms with Crippen LogP contribution in [0.5, 0.6) is 0 Å². The predicted molar refractivity (Wildman–Crippen MR) is 61.3 cm³/mol. The maximum atomic E-state index is 11.6. The van der Waals surface area contributed by atoms with E-state index in [-0.39, 0.29) is 11.5 Å². The molecule has 0 saturated carbocycles. The van der Waals surface area contributed by atoms with Gasteiger partial charge in [0, 0.05) is 10.9 Å². The Hall–Kier alpha value is -0.980. The van der Waals surface area contributed by atoms with Gasteiger partial charge in [-0.15, -0.1) is 0 Å². The quantitative estimate of drug-likeness (QED) is 0.710. The zero-order chi connectivity index (χ0) is 11.0. The highest BCUT2D eigenvalue weighted by Gasteiger charge is 2.36. The minimum atomic E-state index is -0.0662. The van der Waals surface area contributed by atoms with Crippen molar-refractivity contribution in [1.29, 1.82) is 0 Å². The molecule has 3 aliphatic rings. The predicted octanol–water partition coefficient (Wildman–Crippen LogP) is 0.776. The Morgan fingerprint density at radius 2 is 2.50 bits per heavy atom. The highest BCUT2D eigenvalue weighted by atomic mass is 32.2. The summed E-state index contributed by atoms with van der Waals surface area (Å²) in [5.74, 6) is 0. The number of thioether (sulfide) groups is 1. The highest BCUT2D eigenvalue weighted by molar-refractivity contribution is 8.03. The van der Waals surface area contributed by atoms with Crippen molar-refractivity contribution in [2.75, 3.05) is 13.5 Å². The summed E-state index contributed by atoms with van der Waals surface area (Å²) in [6.45, 7) is 0.657. The molecule has 0 aromatic rings. The van der Waals surface area contributed by atoms with Crippen LogP contribution in [-0.4, -0.2) is 35.9 Å². The topological polar surface area (TPSA) is 53.6 Å². The number of carbonyl (C=O) groups excluding carboxylic acids is 1. The summed E-state index contributed by atoms with van der Waals surface area (Å²) >= 11 is 1.69. The van der Waals surface area contributed by atoms with Gasteiger partial charge in [-0.3, -0.25) is 10.2 Å².